The zero-order valence-electron chi connectivity index (χ0n) is 14.5. The molecule has 0 radical (unpaired) electrons. The first-order chi connectivity index (χ1) is 11.9. The van der Waals surface area contributed by atoms with Gasteiger partial charge in [-0.05, 0) is 44.4 Å². The van der Waals surface area contributed by atoms with Gasteiger partial charge >= 0.3 is 17.9 Å². The fraction of sp³-hybridized carbons (Fsp3) is 0.471. The van der Waals surface area contributed by atoms with Crippen LogP contribution >= 0.6 is 0 Å². The number of ether oxygens (including phenoxy) is 1. The Hall–Kier alpha value is -2.77. The zero-order chi connectivity index (χ0) is 18.4. The predicted molar refractivity (Wildman–Crippen MR) is 94.0 cm³/mol. The largest absolute Gasteiger partial charge is 0.450 e. The van der Waals surface area contributed by atoms with Crippen LogP contribution in [-0.2, 0) is 14.3 Å². The minimum atomic E-state index is -0.761. The van der Waals surface area contributed by atoms with Crippen LogP contribution < -0.4 is 16.4 Å². The number of likely N-dealkylation sites (tertiary alicyclic amines) is 1. The molecule has 0 saturated carbocycles. The molecule has 1 aromatic rings. The van der Waals surface area contributed by atoms with Gasteiger partial charge in [-0.2, -0.15) is 0 Å². The molecular formula is C17H24N4O4. The Bertz CT molecular complexity index is 654. The summed E-state index contributed by atoms with van der Waals surface area (Å²) >= 11 is 0. The van der Waals surface area contributed by atoms with Crippen molar-refractivity contribution in [2.24, 2.45) is 0 Å². The van der Waals surface area contributed by atoms with Crippen LogP contribution in [0.2, 0.25) is 0 Å². The van der Waals surface area contributed by atoms with Crippen LogP contribution in [0, 0.1) is 6.92 Å². The molecule has 0 aliphatic carbocycles. The molecule has 0 atom stereocenters. The number of carbonyl (C=O) groups excluding carboxylic acids is 3. The summed E-state index contributed by atoms with van der Waals surface area (Å²) in [5.41, 5.74) is 7.60. The molecule has 4 N–H and O–H groups in total. The van der Waals surface area contributed by atoms with Crippen molar-refractivity contribution >= 4 is 29.3 Å². The van der Waals surface area contributed by atoms with Gasteiger partial charge in [0.2, 0.25) is 0 Å². The first-order valence-corrected chi connectivity index (χ1v) is 8.30. The summed E-state index contributed by atoms with van der Waals surface area (Å²) in [6.45, 7) is 4.94. The van der Waals surface area contributed by atoms with E-state index in [9.17, 15) is 14.4 Å². The van der Waals surface area contributed by atoms with Crippen molar-refractivity contribution in [3.63, 3.8) is 0 Å². The van der Waals surface area contributed by atoms with Crippen molar-refractivity contribution in [3.05, 3.63) is 23.8 Å². The maximum atomic E-state index is 12.0. The monoisotopic (exact) mass is 348 g/mol. The van der Waals surface area contributed by atoms with E-state index in [-0.39, 0.29) is 12.1 Å². The number of piperidine rings is 1. The number of nitrogen functional groups attached to an aromatic ring is 1. The molecule has 0 aromatic heterocycles. The van der Waals surface area contributed by atoms with Gasteiger partial charge < -0.3 is 26.0 Å². The molecule has 1 heterocycles. The van der Waals surface area contributed by atoms with Gasteiger partial charge in [-0.15, -0.1) is 0 Å². The van der Waals surface area contributed by atoms with Crippen LogP contribution in [0.1, 0.15) is 25.3 Å². The van der Waals surface area contributed by atoms with E-state index in [1.165, 1.54) is 0 Å². The molecule has 0 spiro atoms. The highest BCUT2D eigenvalue weighted by molar-refractivity contribution is 6.40. The molecule has 0 unspecified atom stereocenters. The molecule has 1 aromatic carbocycles. The second-order valence-corrected chi connectivity index (χ2v) is 5.98. The van der Waals surface area contributed by atoms with Gasteiger partial charge in [-0.1, -0.05) is 6.07 Å². The van der Waals surface area contributed by atoms with Crippen LogP contribution in [0.4, 0.5) is 16.2 Å². The number of nitrogens with one attached hydrogen (secondary N) is 2. The number of aryl methyl sites for hydroxylation is 1. The van der Waals surface area contributed by atoms with Crippen LogP contribution in [0.3, 0.4) is 0 Å². The molecule has 8 nitrogen and oxygen atoms in total. The number of hydrogen-bond donors (Lipinski definition) is 3. The van der Waals surface area contributed by atoms with E-state index in [1.54, 1.807) is 30.0 Å². The number of nitrogens with zero attached hydrogens (tertiary/aromatic N) is 1. The van der Waals surface area contributed by atoms with Gasteiger partial charge in [-0.25, -0.2) is 4.79 Å². The Morgan fingerprint density at radius 3 is 2.52 bits per heavy atom. The standard InChI is InChI=1S/C17H24N4O4/c1-3-25-17(24)21-8-6-12(7-9-21)19-15(22)16(23)20-14-5-4-11(2)10-13(14)18/h4-5,10,12H,3,6-9,18H2,1-2H3,(H,19,22)(H,20,23). The van der Waals surface area contributed by atoms with Gasteiger partial charge in [0.25, 0.3) is 0 Å². The van der Waals surface area contributed by atoms with Crippen molar-refractivity contribution in [1.29, 1.82) is 0 Å². The smallest absolute Gasteiger partial charge is 0.409 e. The van der Waals surface area contributed by atoms with Crippen molar-refractivity contribution in [1.82, 2.24) is 10.2 Å². The van der Waals surface area contributed by atoms with Gasteiger partial charge in [0.1, 0.15) is 0 Å². The molecule has 8 heteroatoms. The summed E-state index contributed by atoms with van der Waals surface area (Å²) in [5, 5.41) is 5.20. The number of benzene rings is 1. The SMILES string of the molecule is CCOC(=O)N1CCC(NC(=O)C(=O)Nc2ccc(C)cc2N)CC1. The van der Waals surface area contributed by atoms with Gasteiger partial charge in [-0.3, -0.25) is 9.59 Å². The number of amides is 3. The summed E-state index contributed by atoms with van der Waals surface area (Å²) in [4.78, 5) is 37.3. The maximum absolute atomic E-state index is 12.0. The van der Waals surface area contributed by atoms with E-state index < -0.39 is 11.8 Å². The third-order valence-electron chi connectivity index (χ3n) is 4.02. The fourth-order valence-electron chi connectivity index (χ4n) is 2.65. The highest BCUT2D eigenvalue weighted by Crippen LogP contribution is 2.19. The summed E-state index contributed by atoms with van der Waals surface area (Å²) in [7, 11) is 0. The summed E-state index contributed by atoms with van der Waals surface area (Å²) in [6, 6.07) is 5.03. The molecule has 2 rings (SSSR count). The highest BCUT2D eigenvalue weighted by Gasteiger charge is 2.26. The topological polar surface area (TPSA) is 114 Å². The highest BCUT2D eigenvalue weighted by atomic mass is 16.6. The average molecular weight is 348 g/mol. The normalized spacial score (nSPS) is 14.7. The molecule has 1 aliphatic rings. The summed E-state index contributed by atoms with van der Waals surface area (Å²) in [6.07, 6.45) is 0.800. The molecule has 1 fully saturated rings. The average Bonchev–Trinajstić information content (AvgIpc) is 2.58. The van der Waals surface area contributed by atoms with Gasteiger partial charge in [0.05, 0.1) is 18.0 Å². The number of anilines is 2. The molecule has 136 valence electrons. The fourth-order valence-corrected chi connectivity index (χ4v) is 2.65. The Kier molecular flexibility index (Phi) is 6.21. The second-order valence-electron chi connectivity index (χ2n) is 5.98. The Labute approximate surface area is 146 Å². The van der Waals surface area contributed by atoms with Crippen molar-refractivity contribution in [2.45, 2.75) is 32.7 Å². The van der Waals surface area contributed by atoms with Crippen LogP contribution in [0.15, 0.2) is 18.2 Å². The Balaban J connectivity index is 1.82. The lowest BCUT2D eigenvalue weighted by Gasteiger charge is -2.31. The lowest BCUT2D eigenvalue weighted by atomic mass is 10.1. The number of rotatable bonds is 3. The lowest BCUT2D eigenvalue weighted by Crippen LogP contribution is -2.49. The predicted octanol–water partition coefficient (Wildman–Crippen LogP) is 1.25. The van der Waals surface area contributed by atoms with Gasteiger partial charge in [0, 0.05) is 19.1 Å². The maximum Gasteiger partial charge on any atom is 0.409 e. The molecule has 1 saturated heterocycles. The van der Waals surface area contributed by atoms with Crippen LogP contribution in [0.25, 0.3) is 0 Å². The van der Waals surface area contributed by atoms with E-state index in [4.69, 9.17) is 10.5 Å². The minimum absolute atomic E-state index is 0.153. The number of hydrogen-bond acceptors (Lipinski definition) is 5. The van der Waals surface area contributed by atoms with E-state index in [0.29, 0.717) is 43.9 Å². The third-order valence-corrected chi connectivity index (χ3v) is 4.02. The van der Waals surface area contributed by atoms with Gasteiger partial charge in [0.15, 0.2) is 0 Å². The number of nitrogens with two attached hydrogens (primary N) is 1. The molecule has 0 bridgehead atoms. The third kappa shape index (κ3) is 5.10. The zero-order valence-corrected chi connectivity index (χ0v) is 14.5. The van der Waals surface area contributed by atoms with Crippen molar-refractivity contribution in [3.8, 4) is 0 Å². The van der Waals surface area contributed by atoms with Crippen molar-refractivity contribution in [2.75, 3.05) is 30.7 Å². The molecule has 25 heavy (non-hydrogen) atoms. The molecule has 3 amide bonds. The lowest BCUT2D eigenvalue weighted by molar-refractivity contribution is -0.136. The molecular weight excluding hydrogens is 324 g/mol. The quantitative estimate of drug-likeness (QED) is 0.562. The van der Waals surface area contributed by atoms with E-state index in [2.05, 4.69) is 10.6 Å². The second kappa shape index (κ2) is 8.36. The Morgan fingerprint density at radius 2 is 1.92 bits per heavy atom. The first kappa shape index (κ1) is 18.6. The van der Waals surface area contributed by atoms with Crippen LogP contribution in [-0.4, -0.2) is 48.5 Å². The van der Waals surface area contributed by atoms with E-state index in [1.807, 2.05) is 6.92 Å². The minimum Gasteiger partial charge on any atom is -0.450 e. The first-order valence-electron chi connectivity index (χ1n) is 8.30. The number of carbonyl (C=O) groups is 3. The Morgan fingerprint density at radius 1 is 1.24 bits per heavy atom. The summed E-state index contributed by atoms with van der Waals surface area (Å²) in [5.74, 6) is -1.47. The molecule has 1 aliphatic heterocycles. The van der Waals surface area contributed by atoms with E-state index in [0.717, 1.165) is 5.56 Å². The van der Waals surface area contributed by atoms with Crippen molar-refractivity contribution < 1.29 is 19.1 Å². The van der Waals surface area contributed by atoms with E-state index >= 15 is 0 Å². The van der Waals surface area contributed by atoms with Crippen LogP contribution in [0.5, 0.6) is 0 Å². The summed E-state index contributed by atoms with van der Waals surface area (Å²) < 4.78 is 4.95.